The molecule has 1 unspecified atom stereocenters. The van der Waals surface area contributed by atoms with Gasteiger partial charge in [-0.25, -0.2) is 4.79 Å². The highest BCUT2D eigenvalue weighted by Gasteiger charge is 2.42. The van der Waals surface area contributed by atoms with Crippen LogP contribution in [0.3, 0.4) is 0 Å². The number of nitrogens with one attached hydrogen (secondary N) is 2. The number of hydrogen-bond donors (Lipinski definition) is 2. The number of nitrogens with zero attached hydrogens (tertiary/aromatic N) is 4. The van der Waals surface area contributed by atoms with Crippen molar-refractivity contribution in [1.82, 2.24) is 24.9 Å². The maximum atomic E-state index is 13.5. The molecule has 5 rings (SSSR count). The molecule has 10 heteroatoms. The second-order valence-corrected chi connectivity index (χ2v) is 9.74. The molecule has 2 saturated heterocycles. The zero-order valence-corrected chi connectivity index (χ0v) is 19.6. The van der Waals surface area contributed by atoms with Gasteiger partial charge in [-0.15, -0.1) is 0 Å². The van der Waals surface area contributed by atoms with E-state index in [4.69, 9.17) is 23.2 Å². The van der Waals surface area contributed by atoms with Crippen LogP contribution in [0, 0.1) is 0 Å². The third-order valence-corrected chi connectivity index (χ3v) is 7.69. The highest BCUT2D eigenvalue weighted by Crippen LogP contribution is 2.37. The lowest BCUT2D eigenvalue weighted by Crippen LogP contribution is -2.59. The number of carbonyl (C=O) groups is 2. The van der Waals surface area contributed by atoms with Crippen molar-refractivity contribution in [1.29, 1.82) is 0 Å². The number of halogens is 2. The molecule has 3 aliphatic rings. The lowest BCUT2D eigenvalue weighted by Gasteiger charge is -2.44. The third-order valence-electron chi connectivity index (χ3n) is 6.96. The second kappa shape index (κ2) is 9.16. The standard InChI is InChI=1S/C22H26Cl2N6O2.CH4/c1-12-9-28-7-3-4-15(28)10-29(12)22(32)30-11-16-19(13(30)2)26-27-20(16)25-21(31)14-5-6-17(23)18(24)8-14;/h5-6,8,12-13,15H,3-4,7,9-11H2,1-2H3,(H2,25,26,27,31);1H4/t12-,13?,15-;/m0./s1. The Hall–Kier alpha value is -2.29. The van der Waals surface area contributed by atoms with Crippen molar-refractivity contribution in [3.63, 3.8) is 0 Å². The van der Waals surface area contributed by atoms with Crippen LogP contribution in [-0.4, -0.2) is 68.6 Å². The van der Waals surface area contributed by atoms with E-state index < -0.39 is 0 Å². The van der Waals surface area contributed by atoms with Crippen LogP contribution >= 0.6 is 23.2 Å². The van der Waals surface area contributed by atoms with Gasteiger partial charge in [-0.3, -0.25) is 14.8 Å². The van der Waals surface area contributed by atoms with Gasteiger partial charge in [-0.2, -0.15) is 5.10 Å². The smallest absolute Gasteiger partial charge is 0.319 e. The molecule has 33 heavy (non-hydrogen) atoms. The molecule has 0 radical (unpaired) electrons. The fourth-order valence-corrected chi connectivity index (χ4v) is 5.42. The topological polar surface area (TPSA) is 84.6 Å². The summed E-state index contributed by atoms with van der Waals surface area (Å²) in [6, 6.07) is 5.26. The summed E-state index contributed by atoms with van der Waals surface area (Å²) in [6.45, 7) is 7.35. The van der Waals surface area contributed by atoms with Gasteiger partial charge in [0.1, 0.15) is 0 Å². The van der Waals surface area contributed by atoms with E-state index in [9.17, 15) is 9.59 Å². The number of urea groups is 1. The second-order valence-electron chi connectivity index (χ2n) is 8.93. The monoisotopic (exact) mass is 492 g/mol. The van der Waals surface area contributed by atoms with E-state index in [1.807, 2.05) is 16.7 Å². The number of aromatic amines is 1. The molecule has 178 valence electrons. The van der Waals surface area contributed by atoms with E-state index >= 15 is 0 Å². The number of aromatic nitrogens is 2. The lowest BCUT2D eigenvalue weighted by atomic mass is 10.1. The summed E-state index contributed by atoms with van der Waals surface area (Å²) in [7, 11) is 0. The zero-order valence-electron chi connectivity index (χ0n) is 18.1. The molecule has 0 bridgehead atoms. The highest BCUT2D eigenvalue weighted by molar-refractivity contribution is 6.42. The number of H-pyrrole nitrogens is 1. The molecule has 1 aromatic carbocycles. The highest BCUT2D eigenvalue weighted by atomic mass is 35.5. The maximum Gasteiger partial charge on any atom is 0.321 e. The van der Waals surface area contributed by atoms with Crippen LogP contribution in [0.1, 0.15) is 61.8 Å². The Morgan fingerprint density at radius 2 is 1.94 bits per heavy atom. The van der Waals surface area contributed by atoms with E-state index in [0.29, 0.717) is 34.0 Å². The number of hydrogen-bond acceptors (Lipinski definition) is 4. The normalized spacial score (nSPS) is 24.3. The number of carbonyl (C=O) groups excluding carboxylic acids is 2. The largest absolute Gasteiger partial charge is 0.321 e. The summed E-state index contributed by atoms with van der Waals surface area (Å²) >= 11 is 12.0. The molecule has 1 aromatic heterocycles. The Morgan fingerprint density at radius 1 is 1.15 bits per heavy atom. The number of amides is 3. The minimum Gasteiger partial charge on any atom is -0.319 e. The van der Waals surface area contributed by atoms with Crippen molar-refractivity contribution >= 4 is 41.0 Å². The molecular formula is C23H30Cl2N6O2. The Balaban J connectivity index is 0.00000259. The zero-order chi connectivity index (χ0) is 22.6. The van der Waals surface area contributed by atoms with Crippen molar-refractivity contribution in [3.8, 4) is 0 Å². The molecule has 0 spiro atoms. The summed E-state index contributed by atoms with van der Waals surface area (Å²) in [6.07, 6.45) is 2.36. The van der Waals surface area contributed by atoms with Gasteiger partial charge in [0.05, 0.1) is 28.3 Å². The first-order chi connectivity index (χ1) is 15.3. The summed E-state index contributed by atoms with van der Waals surface area (Å²) in [4.78, 5) is 32.6. The van der Waals surface area contributed by atoms with Gasteiger partial charge in [-0.1, -0.05) is 30.6 Å². The fraction of sp³-hybridized carbons (Fsp3) is 0.522. The summed E-state index contributed by atoms with van der Waals surface area (Å²) < 4.78 is 0. The van der Waals surface area contributed by atoms with E-state index in [-0.39, 0.29) is 31.4 Å². The average Bonchev–Trinajstić information content (AvgIpc) is 3.46. The number of piperazine rings is 1. The molecular weight excluding hydrogens is 463 g/mol. The van der Waals surface area contributed by atoms with Gasteiger partial charge >= 0.3 is 6.03 Å². The van der Waals surface area contributed by atoms with Crippen LogP contribution < -0.4 is 5.32 Å². The SMILES string of the molecule is C.CC1c2[nH]nc(NC(=O)c3ccc(Cl)c(Cl)c3)c2CN1C(=O)N1C[C@@H]2CCCN2C[C@@H]1C. The maximum absolute atomic E-state index is 13.5. The third kappa shape index (κ3) is 4.20. The number of anilines is 1. The van der Waals surface area contributed by atoms with Gasteiger partial charge in [-0.05, 0) is 51.4 Å². The van der Waals surface area contributed by atoms with Crippen molar-refractivity contribution in [2.24, 2.45) is 0 Å². The Kier molecular flexibility index (Phi) is 6.62. The van der Waals surface area contributed by atoms with E-state index in [1.54, 1.807) is 12.1 Å². The molecule has 2 N–H and O–H groups in total. The van der Waals surface area contributed by atoms with Crippen LogP contribution in [0.4, 0.5) is 10.6 Å². The molecule has 2 fully saturated rings. The Bertz CT molecular complexity index is 1070. The van der Waals surface area contributed by atoms with Crippen LogP contribution in [0.5, 0.6) is 0 Å². The van der Waals surface area contributed by atoms with Crippen LogP contribution in [0.25, 0.3) is 0 Å². The molecule has 0 saturated carbocycles. The molecule has 3 amide bonds. The summed E-state index contributed by atoms with van der Waals surface area (Å²) in [5, 5.41) is 10.8. The first-order valence-corrected chi connectivity index (χ1v) is 11.7. The van der Waals surface area contributed by atoms with Crippen molar-refractivity contribution in [3.05, 3.63) is 45.1 Å². The average molecular weight is 493 g/mol. The van der Waals surface area contributed by atoms with Gasteiger partial charge < -0.3 is 15.1 Å². The molecule has 3 atom stereocenters. The molecule has 3 aliphatic heterocycles. The van der Waals surface area contributed by atoms with Crippen LogP contribution in [0.2, 0.25) is 10.0 Å². The first-order valence-electron chi connectivity index (χ1n) is 11.0. The molecule has 2 aromatic rings. The number of fused-ring (bicyclic) bond motifs is 2. The molecule has 4 heterocycles. The van der Waals surface area contributed by atoms with Gasteiger partial charge in [0, 0.05) is 36.3 Å². The fourth-order valence-electron chi connectivity index (χ4n) is 5.12. The predicted molar refractivity (Wildman–Crippen MR) is 130 cm³/mol. The summed E-state index contributed by atoms with van der Waals surface area (Å²) in [5.74, 6) is 0.105. The Labute approximate surface area is 204 Å². The van der Waals surface area contributed by atoms with Crippen molar-refractivity contribution < 1.29 is 9.59 Å². The van der Waals surface area contributed by atoms with Crippen molar-refractivity contribution in [2.45, 2.75) is 58.8 Å². The minimum atomic E-state index is -0.332. The summed E-state index contributed by atoms with van der Waals surface area (Å²) in [5.41, 5.74) is 2.08. The van der Waals surface area contributed by atoms with Gasteiger partial charge in [0.15, 0.2) is 5.82 Å². The van der Waals surface area contributed by atoms with E-state index in [1.165, 1.54) is 12.5 Å². The predicted octanol–water partition coefficient (Wildman–Crippen LogP) is 4.77. The van der Waals surface area contributed by atoms with Crippen molar-refractivity contribution in [2.75, 3.05) is 25.0 Å². The van der Waals surface area contributed by atoms with Crippen LogP contribution in [0.15, 0.2) is 18.2 Å². The van der Waals surface area contributed by atoms with Gasteiger partial charge in [0.25, 0.3) is 5.91 Å². The quantitative estimate of drug-likeness (QED) is 0.632. The van der Waals surface area contributed by atoms with Gasteiger partial charge in [0.2, 0.25) is 0 Å². The molecule has 8 nitrogen and oxygen atoms in total. The number of benzene rings is 1. The lowest BCUT2D eigenvalue weighted by molar-refractivity contribution is 0.0580. The minimum absolute atomic E-state index is 0. The van der Waals surface area contributed by atoms with E-state index in [0.717, 1.165) is 37.3 Å². The molecule has 0 aliphatic carbocycles. The van der Waals surface area contributed by atoms with E-state index in [2.05, 4.69) is 27.3 Å². The number of rotatable bonds is 2. The Morgan fingerprint density at radius 3 is 2.70 bits per heavy atom. The first kappa shape index (κ1) is 23.9. The van der Waals surface area contributed by atoms with Crippen LogP contribution in [-0.2, 0) is 6.54 Å².